The van der Waals surface area contributed by atoms with Gasteiger partial charge in [-0.25, -0.2) is 8.42 Å². The normalized spacial score (nSPS) is 11.3. The van der Waals surface area contributed by atoms with Gasteiger partial charge in [-0.2, -0.15) is 0 Å². The Bertz CT molecular complexity index is 705. The van der Waals surface area contributed by atoms with Gasteiger partial charge < -0.3 is 5.32 Å². The molecule has 0 saturated carbocycles. The first-order valence-electron chi connectivity index (χ1n) is 6.45. The van der Waals surface area contributed by atoms with Crippen molar-refractivity contribution in [3.05, 3.63) is 53.3 Å². The zero-order chi connectivity index (χ0) is 15.3. The standard InChI is InChI=1S/C14H16ClN3O2S/c1-2-16-9-11-5-6-13(8-14(11)15)21(19,20)18-12-4-3-7-17-10-12/h3-8,10,16,18H,2,9H2,1H3. The van der Waals surface area contributed by atoms with Gasteiger partial charge in [0.25, 0.3) is 10.0 Å². The van der Waals surface area contributed by atoms with Gasteiger partial charge in [0.2, 0.25) is 0 Å². The van der Waals surface area contributed by atoms with E-state index in [-0.39, 0.29) is 4.90 Å². The molecule has 0 amide bonds. The highest BCUT2D eigenvalue weighted by Crippen LogP contribution is 2.22. The number of hydrogen-bond acceptors (Lipinski definition) is 4. The summed E-state index contributed by atoms with van der Waals surface area (Å²) < 4.78 is 27.0. The summed E-state index contributed by atoms with van der Waals surface area (Å²) in [5.74, 6) is 0. The maximum Gasteiger partial charge on any atom is 0.261 e. The number of nitrogens with one attached hydrogen (secondary N) is 2. The van der Waals surface area contributed by atoms with Gasteiger partial charge in [-0.3, -0.25) is 9.71 Å². The van der Waals surface area contributed by atoms with E-state index < -0.39 is 10.0 Å². The van der Waals surface area contributed by atoms with Crippen molar-refractivity contribution in [1.82, 2.24) is 10.3 Å². The van der Waals surface area contributed by atoms with Crippen molar-refractivity contribution >= 4 is 27.3 Å². The van der Waals surface area contributed by atoms with Gasteiger partial charge in [0.1, 0.15) is 0 Å². The Morgan fingerprint density at radius 2 is 2.10 bits per heavy atom. The zero-order valence-corrected chi connectivity index (χ0v) is 13.1. The third-order valence-corrected chi connectivity index (χ3v) is 4.54. The van der Waals surface area contributed by atoms with Crippen molar-refractivity contribution in [2.45, 2.75) is 18.4 Å². The van der Waals surface area contributed by atoms with Gasteiger partial charge >= 0.3 is 0 Å². The van der Waals surface area contributed by atoms with E-state index in [4.69, 9.17) is 11.6 Å². The van der Waals surface area contributed by atoms with Crippen LogP contribution in [0.4, 0.5) is 5.69 Å². The zero-order valence-electron chi connectivity index (χ0n) is 11.5. The second-order valence-electron chi connectivity index (χ2n) is 4.38. The molecule has 0 aliphatic rings. The lowest BCUT2D eigenvalue weighted by Gasteiger charge is -2.10. The van der Waals surface area contributed by atoms with Crippen molar-refractivity contribution in [3.63, 3.8) is 0 Å². The van der Waals surface area contributed by atoms with Crippen molar-refractivity contribution in [3.8, 4) is 0 Å². The highest BCUT2D eigenvalue weighted by molar-refractivity contribution is 7.92. The largest absolute Gasteiger partial charge is 0.313 e. The lowest BCUT2D eigenvalue weighted by atomic mass is 10.2. The van der Waals surface area contributed by atoms with Gasteiger partial charge in [0.15, 0.2) is 0 Å². The second kappa shape index (κ2) is 6.89. The van der Waals surface area contributed by atoms with Crippen molar-refractivity contribution < 1.29 is 8.42 Å². The smallest absolute Gasteiger partial charge is 0.261 e. The van der Waals surface area contributed by atoms with Crippen LogP contribution in [-0.4, -0.2) is 19.9 Å². The molecule has 2 N–H and O–H groups in total. The maximum atomic E-state index is 12.3. The summed E-state index contributed by atoms with van der Waals surface area (Å²) in [4.78, 5) is 3.99. The number of pyridine rings is 1. The number of hydrogen-bond donors (Lipinski definition) is 2. The van der Waals surface area contributed by atoms with E-state index in [2.05, 4.69) is 15.0 Å². The molecule has 1 heterocycles. The van der Waals surface area contributed by atoms with E-state index >= 15 is 0 Å². The maximum absolute atomic E-state index is 12.3. The molecule has 0 fully saturated rings. The van der Waals surface area contributed by atoms with E-state index in [9.17, 15) is 8.42 Å². The molecular formula is C14H16ClN3O2S. The van der Waals surface area contributed by atoms with Gasteiger partial charge in [0.05, 0.1) is 16.8 Å². The van der Waals surface area contributed by atoms with Gasteiger partial charge in [-0.15, -0.1) is 0 Å². The highest BCUT2D eigenvalue weighted by atomic mass is 35.5. The Labute approximate surface area is 129 Å². The Balaban J connectivity index is 2.22. The SMILES string of the molecule is CCNCc1ccc(S(=O)(=O)Nc2cccnc2)cc1Cl. The molecule has 0 radical (unpaired) electrons. The van der Waals surface area contributed by atoms with E-state index in [0.29, 0.717) is 17.3 Å². The van der Waals surface area contributed by atoms with Gasteiger partial charge in [-0.1, -0.05) is 24.6 Å². The molecule has 5 nitrogen and oxygen atoms in total. The minimum Gasteiger partial charge on any atom is -0.313 e. The Hall–Kier alpha value is -1.63. The molecular weight excluding hydrogens is 310 g/mol. The summed E-state index contributed by atoms with van der Waals surface area (Å²) in [5.41, 5.74) is 1.27. The monoisotopic (exact) mass is 325 g/mol. The van der Waals surface area contributed by atoms with Gasteiger partial charge in [-0.05, 0) is 36.4 Å². The molecule has 1 aromatic heterocycles. The van der Waals surface area contributed by atoms with Crippen molar-refractivity contribution in [2.24, 2.45) is 0 Å². The van der Waals surface area contributed by atoms with Crippen molar-refractivity contribution in [2.75, 3.05) is 11.3 Å². The van der Waals surface area contributed by atoms with Crippen LogP contribution in [0.1, 0.15) is 12.5 Å². The average Bonchev–Trinajstić information content (AvgIpc) is 2.46. The number of rotatable bonds is 6. The highest BCUT2D eigenvalue weighted by Gasteiger charge is 2.15. The number of benzene rings is 1. The van der Waals surface area contributed by atoms with Crippen LogP contribution in [0.5, 0.6) is 0 Å². The second-order valence-corrected chi connectivity index (χ2v) is 6.47. The molecule has 0 aliphatic heterocycles. The minimum absolute atomic E-state index is 0.122. The molecule has 0 aliphatic carbocycles. The van der Waals surface area contributed by atoms with Crippen LogP contribution in [0.2, 0.25) is 5.02 Å². The topological polar surface area (TPSA) is 71.1 Å². The van der Waals surface area contributed by atoms with Crippen molar-refractivity contribution in [1.29, 1.82) is 0 Å². The summed E-state index contributed by atoms with van der Waals surface area (Å²) >= 11 is 6.13. The third-order valence-electron chi connectivity index (χ3n) is 2.81. The Morgan fingerprint density at radius 3 is 2.71 bits per heavy atom. The Morgan fingerprint density at radius 1 is 1.29 bits per heavy atom. The Kier molecular flexibility index (Phi) is 5.17. The molecule has 7 heteroatoms. The lowest BCUT2D eigenvalue weighted by molar-refractivity contribution is 0.601. The molecule has 0 spiro atoms. The van der Waals surface area contributed by atoms with E-state index in [0.717, 1.165) is 12.1 Å². The van der Waals surface area contributed by atoms with Crippen LogP contribution in [-0.2, 0) is 16.6 Å². The van der Waals surface area contributed by atoms with Crippen LogP contribution in [0, 0.1) is 0 Å². The first-order chi connectivity index (χ1) is 10.0. The van der Waals surface area contributed by atoms with E-state index in [1.165, 1.54) is 18.3 Å². The molecule has 0 saturated heterocycles. The van der Waals surface area contributed by atoms with Crippen LogP contribution in [0.3, 0.4) is 0 Å². The minimum atomic E-state index is -3.67. The number of aromatic nitrogens is 1. The lowest BCUT2D eigenvalue weighted by Crippen LogP contribution is -2.15. The van der Waals surface area contributed by atoms with E-state index in [1.54, 1.807) is 24.4 Å². The van der Waals surface area contributed by atoms with Crippen LogP contribution >= 0.6 is 11.6 Å². The average molecular weight is 326 g/mol. The number of sulfonamides is 1. The predicted octanol–water partition coefficient (Wildman–Crippen LogP) is 2.65. The molecule has 1 aromatic carbocycles. The van der Waals surface area contributed by atoms with Gasteiger partial charge in [0, 0.05) is 17.8 Å². The molecule has 2 aromatic rings. The summed E-state index contributed by atoms with van der Waals surface area (Å²) in [6.07, 6.45) is 3.02. The summed E-state index contributed by atoms with van der Waals surface area (Å²) in [7, 11) is -3.67. The first-order valence-corrected chi connectivity index (χ1v) is 8.31. The van der Waals surface area contributed by atoms with Crippen LogP contribution in [0.25, 0.3) is 0 Å². The third kappa shape index (κ3) is 4.17. The molecule has 21 heavy (non-hydrogen) atoms. The molecule has 112 valence electrons. The number of anilines is 1. The molecule has 0 atom stereocenters. The molecule has 0 bridgehead atoms. The molecule has 2 rings (SSSR count). The van der Waals surface area contributed by atoms with Crippen LogP contribution < -0.4 is 10.0 Å². The fourth-order valence-corrected chi connectivity index (χ4v) is 3.12. The molecule has 0 unspecified atom stereocenters. The fourth-order valence-electron chi connectivity index (χ4n) is 1.74. The fraction of sp³-hybridized carbons (Fsp3) is 0.214. The quantitative estimate of drug-likeness (QED) is 0.856. The predicted molar refractivity (Wildman–Crippen MR) is 83.9 cm³/mol. The van der Waals surface area contributed by atoms with Crippen LogP contribution in [0.15, 0.2) is 47.6 Å². The summed E-state index contributed by atoms with van der Waals surface area (Å²) in [5, 5.41) is 3.57. The first kappa shape index (κ1) is 15.8. The van der Waals surface area contributed by atoms with E-state index in [1.807, 2.05) is 6.92 Å². The number of nitrogens with zero attached hydrogens (tertiary/aromatic N) is 1. The summed E-state index contributed by atoms with van der Waals surface area (Å²) in [6.45, 7) is 3.41. The summed E-state index contributed by atoms with van der Waals surface area (Å²) in [6, 6.07) is 7.99. The number of halogens is 1.